The molecule has 1 saturated heterocycles. The van der Waals surface area contributed by atoms with Gasteiger partial charge in [-0.15, -0.1) is 5.10 Å². The minimum Gasteiger partial charge on any atom is -0.487 e. The zero-order valence-corrected chi connectivity index (χ0v) is 18.3. The van der Waals surface area contributed by atoms with Crippen molar-refractivity contribution in [3.8, 4) is 17.1 Å². The summed E-state index contributed by atoms with van der Waals surface area (Å²) in [6.07, 6.45) is 1.69. The van der Waals surface area contributed by atoms with Gasteiger partial charge in [-0.2, -0.15) is 0 Å². The molecule has 0 amide bonds. The molecule has 0 unspecified atom stereocenters. The molecule has 0 radical (unpaired) electrons. The highest BCUT2D eigenvalue weighted by Gasteiger charge is 2.15. The van der Waals surface area contributed by atoms with Gasteiger partial charge in [0, 0.05) is 42.3 Å². The largest absolute Gasteiger partial charge is 0.487 e. The molecule has 0 bridgehead atoms. The Morgan fingerprint density at radius 1 is 1.12 bits per heavy atom. The van der Waals surface area contributed by atoms with E-state index in [0.29, 0.717) is 5.69 Å². The third kappa shape index (κ3) is 4.74. The highest BCUT2D eigenvalue weighted by Crippen LogP contribution is 2.26. The van der Waals surface area contributed by atoms with Crippen LogP contribution in [0.2, 0.25) is 0 Å². The molecule has 1 aliphatic heterocycles. The summed E-state index contributed by atoms with van der Waals surface area (Å²) in [5.74, 6) is 1.55. The van der Waals surface area contributed by atoms with Crippen molar-refractivity contribution < 1.29 is 4.74 Å². The van der Waals surface area contributed by atoms with Crippen LogP contribution in [0.1, 0.15) is 5.69 Å². The Labute approximate surface area is 190 Å². The van der Waals surface area contributed by atoms with Gasteiger partial charge in [0.25, 0.3) is 0 Å². The Kier molecular flexibility index (Phi) is 5.79. The summed E-state index contributed by atoms with van der Waals surface area (Å²) >= 11 is 0. The predicted octanol–water partition coefficient (Wildman–Crippen LogP) is 3.42. The van der Waals surface area contributed by atoms with Gasteiger partial charge in [-0.05, 0) is 55.0 Å². The number of benzene rings is 2. The summed E-state index contributed by atoms with van der Waals surface area (Å²) in [6, 6.07) is 14.2. The van der Waals surface area contributed by atoms with E-state index in [2.05, 4.69) is 60.4 Å². The monoisotopic (exact) mass is 444 g/mol. The highest BCUT2D eigenvalue weighted by molar-refractivity contribution is 5.83. The second kappa shape index (κ2) is 9.19. The number of aromatic nitrogens is 5. The van der Waals surface area contributed by atoms with Crippen molar-refractivity contribution in [2.75, 3.05) is 38.1 Å². The second-order valence-corrected chi connectivity index (χ2v) is 8.01. The number of azide groups is 1. The van der Waals surface area contributed by atoms with Crippen LogP contribution in [0.5, 0.6) is 5.75 Å². The van der Waals surface area contributed by atoms with E-state index in [-0.39, 0.29) is 13.3 Å². The van der Waals surface area contributed by atoms with Gasteiger partial charge < -0.3 is 19.5 Å². The van der Waals surface area contributed by atoms with E-state index in [9.17, 15) is 0 Å². The molecule has 1 aliphatic rings. The molecule has 0 spiro atoms. The lowest BCUT2D eigenvalue weighted by Crippen LogP contribution is -2.44. The minimum atomic E-state index is 0.104. The molecule has 11 nitrogen and oxygen atoms in total. The highest BCUT2D eigenvalue weighted by atomic mass is 16.5. The molecule has 2 aromatic heterocycles. The lowest BCUT2D eigenvalue weighted by Gasteiger charge is -2.34. The molecule has 1 fully saturated rings. The van der Waals surface area contributed by atoms with Crippen LogP contribution in [-0.2, 0) is 13.3 Å². The van der Waals surface area contributed by atoms with Crippen molar-refractivity contribution in [1.29, 1.82) is 0 Å². The SMILES string of the molecule is CN1CCN(c2ccc3nc(-c4ccc(OCc5cn(CN=[N+]=[N-])nn5)cc4)[nH]c3c2)CC1. The molecule has 4 aromatic rings. The Morgan fingerprint density at radius 2 is 1.94 bits per heavy atom. The van der Waals surface area contributed by atoms with Crippen LogP contribution in [0.25, 0.3) is 32.9 Å². The fourth-order valence-corrected chi connectivity index (χ4v) is 3.83. The Balaban J connectivity index is 1.25. The number of rotatable bonds is 7. The number of nitrogens with one attached hydrogen (secondary N) is 1. The first-order chi connectivity index (χ1) is 16.2. The molecule has 0 atom stereocenters. The Bertz CT molecular complexity index is 1280. The molecule has 168 valence electrons. The Morgan fingerprint density at radius 3 is 2.73 bits per heavy atom. The molecular formula is C22H24N10O. The molecule has 1 N–H and O–H groups in total. The van der Waals surface area contributed by atoms with Gasteiger partial charge >= 0.3 is 0 Å². The van der Waals surface area contributed by atoms with Crippen LogP contribution in [0.4, 0.5) is 5.69 Å². The van der Waals surface area contributed by atoms with E-state index < -0.39 is 0 Å². The molecular weight excluding hydrogens is 420 g/mol. The molecule has 33 heavy (non-hydrogen) atoms. The average Bonchev–Trinajstić information content (AvgIpc) is 3.48. The van der Waals surface area contributed by atoms with Gasteiger partial charge in [0.05, 0.1) is 17.2 Å². The van der Waals surface area contributed by atoms with Gasteiger partial charge in [-0.1, -0.05) is 10.3 Å². The molecule has 3 heterocycles. The van der Waals surface area contributed by atoms with Gasteiger partial charge in [-0.25, -0.2) is 9.67 Å². The number of piperazine rings is 1. The molecule has 2 aromatic carbocycles. The number of hydrogen-bond donors (Lipinski definition) is 1. The van der Waals surface area contributed by atoms with E-state index in [4.69, 9.17) is 15.3 Å². The van der Waals surface area contributed by atoms with E-state index in [1.807, 2.05) is 24.3 Å². The predicted molar refractivity (Wildman–Crippen MR) is 125 cm³/mol. The van der Waals surface area contributed by atoms with E-state index in [1.165, 1.54) is 10.4 Å². The second-order valence-electron chi connectivity index (χ2n) is 8.01. The van der Waals surface area contributed by atoms with Crippen molar-refractivity contribution in [2.24, 2.45) is 5.11 Å². The van der Waals surface area contributed by atoms with Crippen LogP contribution in [0.3, 0.4) is 0 Å². The number of aromatic amines is 1. The minimum absolute atomic E-state index is 0.104. The van der Waals surface area contributed by atoms with Crippen LogP contribution >= 0.6 is 0 Å². The number of fused-ring (bicyclic) bond motifs is 1. The summed E-state index contributed by atoms with van der Waals surface area (Å²) in [5.41, 5.74) is 13.2. The van der Waals surface area contributed by atoms with Gasteiger partial charge in [-0.3, -0.25) is 0 Å². The maximum absolute atomic E-state index is 8.37. The summed E-state index contributed by atoms with van der Waals surface area (Å²) in [7, 11) is 2.16. The third-order valence-electron chi connectivity index (χ3n) is 5.71. The summed E-state index contributed by atoms with van der Waals surface area (Å²) in [5, 5.41) is 11.3. The molecule has 5 rings (SSSR count). The van der Waals surface area contributed by atoms with Gasteiger partial charge in [0.1, 0.15) is 30.5 Å². The summed E-state index contributed by atoms with van der Waals surface area (Å²) < 4.78 is 7.25. The standard InChI is InChI=1S/C22H24N10O/c1-30-8-10-31(11-9-30)18-4-7-20-21(12-18)26-22(25-20)16-2-5-19(6-3-16)33-14-17-13-32(29-27-17)15-24-28-23/h2-7,12-13H,8-11,14-15H2,1H3,(H,25,26). The lowest BCUT2D eigenvalue weighted by atomic mass is 10.2. The van der Waals surface area contributed by atoms with Crippen LogP contribution in [0.15, 0.2) is 53.8 Å². The normalized spacial score (nSPS) is 14.4. The van der Waals surface area contributed by atoms with Gasteiger partial charge in [0.2, 0.25) is 0 Å². The first-order valence-corrected chi connectivity index (χ1v) is 10.7. The quantitative estimate of drug-likeness (QED) is 0.265. The lowest BCUT2D eigenvalue weighted by molar-refractivity contribution is 0.301. The van der Waals surface area contributed by atoms with Crippen LogP contribution < -0.4 is 9.64 Å². The van der Waals surface area contributed by atoms with Crippen molar-refractivity contribution in [2.45, 2.75) is 13.3 Å². The molecule has 0 saturated carbocycles. The maximum atomic E-state index is 8.37. The number of hydrogen-bond acceptors (Lipinski definition) is 7. The topological polar surface area (TPSA) is 124 Å². The van der Waals surface area contributed by atoms with Crippen LogP contribution in [-0.4, -0.2) is 63.1 Å². The zero-order valence-electron chi connectivity index (χ0n) is 18.3. The maximum Gasteiger partial charge on any atom is 0.138 e. The van der Waals surface area contributed by atoms with Crippen molar-refractivity contribution in [1.82, 2.24) is 29.9 Å². The number of likely N-dealkylation sites (N-methyl/N-ethyl adjacent to an activating group) is 1. The number of H-pyrrole nitrogens is 1. The first-order valence-electron chi connectivity index (χ1n) is 10.7. The van der Waals surface area contributed by atoms with Crippen molar-refractivity contribution in [3.05, 3.63) is 64.8 Å². The van der Waals surface area contributed by atoms with Crippen molar-refractivity contribution in [3.63, 3.8) is 0 Å². The third-order valence-corrected chi connectivity index (χ3v) is 5.71. The molecule has 11 heteroatoms. The Hall–Kier alpha value is -4.08. The molecule has 0 aliphatic carbocycles. The van der Waals surface area contributed by atoms with Gasteiger partial charge in [0.15, 0.2) is 0 Å². The van der Waals surface area contributed by atoms with Crippen LogP contribution in [0, 0.1) is 0 Å². The smallest absolute Gasteiger partial charge is 0.138 e. The van der Waals surface area contributed by atoms with Crippen molar-refractivity contribution >= 4 is 16.7 Å². The fraction of sp³-hybridized carbons (Fsp3) is 0.318. The number of ether oxygens (including phenoxy) is 1. The number of anilines is 1. The van der Waals surface area contributed by atoms with E-state index in [0.717, 1.165) is 54.3 Å². The van der Waals surface area contributed by atoms with E-state index in [1.54, 1.807) is 6.20 Å². The zero-order chi connectivity index (χ0) is 22.6. The summed E-state index contributed by atoms with van der Waals surface area (Å²) in [4.78, 5) is 15.7. The number of nitrogens with zero attached hydrogens (tertiary/aromatic N) is 9. The number of imidazole rings is 1. The fourth-order valence-electron chi connectivity index (χ4n) is 3.83. The summed E-state index contributed by atoms with van der Waals surface area (Å²) in [6.45, 7) is 4.61. The average molecular weight is 445 g/mol. The first kappa shape index (κ1) is 20.8. The van der Waals surface area contributed by atoms with E-state index >= 15 is 0 Å².